The molecule has 1 saturated heterocycles. The third kappa shape index (κ3) is 3.66. The minimum absolute atomic E-state index is 0.0666. The lowest BCUT2D eigenvalue weighted by atomic mass is 9.96. The van der Waals surface area contributed by atoms with Crippen molar-refractivity contribution < 1.29 is 4.79 Å². The molecule has 0 saturated carbocycles. The molecule has 2 aromatic rings. The number of amides is 2. The molecule has 6 nitrogen and oxygen atoms in total. The lowest BCUT2D eigenvalue weighted by molar-refractivity contribution is 0.186. The molecule has 0 bridgehead atoms. The maximum Gasteiger partial charge on any atom is 0.317 e. The molecule has 0 aliphatic carbocycles. The Morgan fingerprint density at radius 2 is 2.11 bits per heavy atom. The third-order valence-corrected chi connectivity index (χ3v) is 5.84. The number of carbonyl (C=O) groups excluding carboxylic acids is 1. The van der Waals surface area contributed by atoms with Gasteiger partial charge in [0.15, 0.2) is 0 Å². The first-order chi connectivity index (χ1) is 13.0. The van der Waals surface area contributed by atoms with Crippen molar-refractivity contribution in [2.24, 2.45) is 7.05 Å². The number of hydrogen-bond acceptors (Lipinski definition) is 3. The lowest BCUT2D eigenvalue weighted by Gasteiger charge is -2.36. The zero-order valence-corrected chi connectivity index (χ0v) is 16.5. The Labute approximate surface area is 161 Å². The Bertz CT molecular complexity index is 843. The summed E-state index contributed by atoms with van der Waals surface area (Å²) >= 11 is 0. The van der Waals surface area contributed by atoms with E-state index in [0.29, 0.717) is 6.54 Å². The van der Waals surface area contributed by atoms with Crippen LogP contribution in [0.25, 0.3) is 0 Å². The Hall–Kier alpha value is -2.50. The van der Waals surface area contributed by atoms with Gasteiger partial charge in [-0.15, -0.1) is 0 Å². The van der Waals surface area contributed by atoms with E-state index >= 15 is 0 Å². The zero-order chi connectivity index (χ0) is 19.0. The van der Waals surface area contributed by atoms with Gasteiger partial charge in [0, 0.05) is 45.3 Å². The standard InChI is InChI=1S/C21H29N5O/c1-15-6-4-7-17-9-11-26(14-19(15)17)21(27)22-18-8-5-10-25(13-18)20-12-16(2)23-24(20)3/h4,6-7,12,18H,5,8-11,13-14H2,1-3H3,(H,22,27). The molecule has 0 radical (unpaired) electrons. The number of carbonyl (C=O) groups is 1. The van der Waals surface area contributed by atoms with Crippen molar-refractivity contribution in [3.8, 4) is 0 Å². The third-order valence-electron chi connectivity index (χ3n) is 5.84. The van der Waals surface area contributed by atoms with Gasteiger partial charge >= 0.3 is 6.03 Å². The van der Waals surface area contributed by atoms with Crippen LogP contribution in [-0.4, -0.2) is 46.4 Å². The highest BCUT2D eigenvalue weighted by Gasteiger charge is 2.27. The number of anilines is 1. The van der Waals surface area contributed by atoms with E-state index in [0.717, 1.165) is 50.4 Å². The van der Waals surface area contributed by atoms with Gasteiger partial charge in [-0.1, -0.05) is 18.2 Å². The van der Waals surface area contributed by atoms with E-state index in [1.165, 1.54) is 16.7 Å². The molecule has 1 N–H and O–H groups in total. The molecule has 1 aromatic heterocycles. The molecule has 4 rings (SSSR count). The van der Waals surface area contributed by atoms with E-state index < -0.39 is 0 Å². The maximum absolute atomic E-state index is 12.9. The van der Waals surface area contributed by atoms with Crippen molar-refractivity contribution >= 4 is 11.8 Å². The number of benzene rings is 1. The highest BCUT2D eigenvalue weighted by Crippen LogP contribution is 2.23. The van der Waals surface area contributed by atoms with Crippen LogP contribution in [-0.2, 0) is 20.0 Å². The fourth-order valence-electron chi connectivity index (χ4n) is 4.38. The van der Waals surface area contributed by atoms with Crippen LogP contribution in [0.15, 0.2) is 24.3 Å². The average Bonchev–Trinajstić information content (AvgIpc) is 3.00. The largest absolute Gasteiger partial charge is 0.355 e. The number of aromatic nitrogens is 2. The molecule has 6 heteroatoms. The monoisotopic (exact) mass is 367 g/mol. The summed E-state index contributed by atoms with van der Waals surface area (Å²) in [6.45, 7) is 7.51. The summed E-state index contributed by atoms with van der Waals surface area (Å²) in [4.78, 5) is 17.2. The first-order valence-electron chi connectivity index (χ1n) is 9.89. The van der Waals surface area contributed by atoms with Crippen LogP contribution in [0.5, 0.6) is 0 Å². The van der Waals surface area contributed by atoms with E-state index in [-0.39, 0.29) is 12.1 Å². The van der Waals surface area contributed by atoms with Crippen LogP contribution in [0, 0.1) is 13.8 Å². The Kier molecular flexibility index (Phi) is 4.81. The summed E-state index contributed by atoms with van der Waals surface area (Å²) in [6.07, 6.45) is 3.05. The van der Waals surface area contributed by atoms with Crippen molar-refractivity contribution in [3.63, 3.8) is 0 Å². The molecule has 1 aromatic carbocycles. The van der Waals surface area contributed by atoms with Crippen LogP contribution in [0.4, 0.5) is 10.6 Å². The van der Waals surface area contributed by atoms with Crippen LogP contribution >= 0.6 is 0 Å². The number of hydrogen-bond donors (Lipinski definition) is 1. The predicted molar refractivity (Wildman–Crippen MR) is 107 cm³/mol. The van der Waals surface area contributed by atoms with Gasteiger partial charge in [0.1, 0.15) is 5.82 Å². The molecule has 2 aliphatic heterocycles. The van der Waals surface area contributed by atoms with Gasteiger partial charge < -0.3 is 15.1 Å². The molecule has 1 unspecified atom stereocenters. The molecule has 1 atom stereocenters. The Balaban J connectivity index is 1.40. The first kappa shape index (κ1) is 17.9. The quantitative estimate of drug-likeness (QED) is 0.888. The van der Waals surface area contributed by atoms with Crippen molar-refractivity contribution in [1.29, 1.82) is 0 Å². The molecule has 2 amide bonds. The zero-order valence-electron chi connectivity index (χ0n) is 16.5. The summed E-state index contributed by atoms with van der Waals surface area (Å²) in [7, 11) is 1.98. The number of rotatable bonds is 2. The van der Waals surface area contributed by atoms with Gasteiger partial charge in [-0.2, -0.15) is 5.10 Å². The van der Waals surface area contributed by atoms with E-state index in [2.05, 4.69) is 46.5 Å². The van der Waals surface area contributed by atoms with Crippen molar-refractivity contribution in [1.82, 2.24) is 20.0 Å². The molecule has 144 valence electrons. The molecule has 2 aliphatic rings. The SMILES string of the molecule is Cc1cc(N2CCCC(NC(=O)N3CCc4cccc(C)c4C3)C2)n(C)n1. The van der Waals surface area contributed by atoms with Crippen molar-refractivity contribution in [3.05, 3.63) is 46.6 Å². The number of urea groups is 1. The second kappa shape index (κ2) is 7.25. The lowest BCUT2D eigenvalue weighted by Crippen LogP contribution is -2.52. The van der Waals surface area contributed by atoms with E-state index in [4.69, 9.17) is 0 Å². The number of piperidine rings is 1. The number of fused-ring (bicyclic) bond motifs is 1. The highest BCUT2D eigenvalue weighted by atomic mass is 16.2. The second-order valence-corrected chi connectivity index (χ2v) is 7.89. The topological polar surface area (TPSA) is 53.4 Å². The van der Waals surface area contributed by atoms with Gasteiger partial charge in [-0.3, -0.25) is 4.68 Å². The maximum atomic E-state index is 12.9. The molecule has 27 heavy (non-hydrogen) atoms. The van der Waals surface area contributed by atoms with Crippen molar-refractivity contribution in [2.45, 2.75) is 45.7 Å². The predicted octanol–water partition coefficient (Wildman–Crippen LogP) is 2.77. The molecular formula is C21H29N5O. The summed E-state index contributed by atoms with van der Waals surface area (Å²) < 4.78 is 1.93. The highest BCUT2D eigenvalue weighted by molar-refractivity contribution is 5.75. The van der Waals surface area contributed by atoms with Crippen molar-refractivity contribution in [2.75, 3.05) is 24.5 Å². The molecule has 1 fully saturated rings. The molecular weight excluding hydrogens is 338 g/mol. The number of aryl methyl sites for hydroxylation is 3. The summed E-state index contributed by atoms with van der Waals surface area (Å²) in [5.41, 5.74) is 5.01. The normalized spacial score (nSPS) is 19.7. The van der Waals surface area contributed by atoms with Gasteiger partial charge in [0.05, 0.1) is 5.69 Å². The minimum atomic E-state index is 0.0666. The summed E-state index contributed by atoms with van der Waals surface area (Å²) in [6, 6.07) is 8.80. The Morgan fingerprint density at radius 1 is 1.26 bits per heavy atom. The first-order valence-corrected chi connectivity index (χ1v) is 9.89. The number of nitrogens with zero attached hydrogens (tertiary/aromatic N) is 4. The summed E-state index contributed by atoms with van der Waals surface area (Å²) in [5.74, 6) is 1.13. The van der Waals surface area contributed by atoms with Gasteiger partial charge in [-0.05, 0) is 49.8 Å². The number of nitrogens with one attached hydrogen (secondary N) is 1. The van der Waals surface area contributed by atoms with E-state index in [9.17, 15) is 4.79 Å². The van der Waals surface area contributed by atoms with Crippen LogP contribution in [0.3, 0.4) is 0 Å². The second-order valence-electron chi connectivity index (χ2n) is 7.89. The van der Waals surface area contributed by atoms with E-state index in [1.807, 2.05) is 23.6 Å². The van der Waals surface area contributed by atoms with Gasteiger partial charge in [0.2, 0.25) is 0 Å². The fourth-order valence-corrected chi connectivity index (χ4v) is 4.38. The van der Waals surface area contributed by atoms with Crippen LogP contribution < -0.4 is 10.2 Å². The fraction of sp³-hybridized carbons (Fsp3) is 0.524. The average molecular weight is 367 g/mol. The Morgan fingerprint density at radius 3 is 2.89 bits per heavy atom. The molecule has 0 spiro atoms. The van der Waals surface area contributed by atoms with Gasteiger partial charge in [-0.25, -0.2) is 4.79 Å². The van der Waals surface area contributed by atoms with Gasteiger partial charge in [0.25, 0.3) is 0 Å². The van der Waals surface area contributed by atoms with Crippen LogP contribution in [0.1, 0.15) is 35.2 Å². The smallest absolute Gasteiger partial charge is 0.317 e. The van der Waals surface area contributed by atoms with Crippen LogP contribution in [0.2, 0.25) is 0 Å². The summed E-state index contributed by atoms with van der Waals surface area (Å²) in [5, 5.41) is 7.74. The molecule has 3 heterocycles. The van der Waals surface area contributed by atoms with E-state index in [1.54, 1.807) is 0 Å². The minimum Gasteiger partial charge on any atom is -0.355 e.